The van der Waals surface area contributed by atoms with Crippen molar-refractivity contribution in [1.82, 2.24) is 9.80 Å². The molecule has 3 nitrogen and oxygen atoms in total. The van der Waals surface area contributed by atoms with Crippen molar-refractivity contribution in [3.05, 3.63) is 68.6 Å². The molecule has 0 N–H and O–H groups in total. The molecule has 0 aliphatic carbocycles. The van der Waals surface area contributed by atoms with Gasteiger partial charge in [0, 0.05) is 32.9 Å². The lowest BCUT2D eigenvalue weighted by Crippen LogP contribution is -2.40. The second-order valence-electron chi connectivity index (χ2n) is 10.3. The number of nitrogens with zero attached hydrogens (tertiary/aromatic N) is 2. The maximum atomic E-state index is 14.5. The van der Waals surface area contributed by atoms with Crippen LogP contribution < -0.4 is 0 Å². The monoisotopic (exact) mass is 588 g/mol. The molecular weight excluding hydrogens is 552 g/mol. The fourth-order valence-electron chi connectivity index (χ4n) is 5.89. The van der Waals surface area contributed by atoms with E-state index in [9.17, 15) is 4.79 Å². The molecule has 4 rings (SSSR count). The van der Waals surface area contributed by atoms with Gasteiger partial charge in [-0.1, -0.05) is 69.0 Å². The van der Waals surface area contributed by atoms with Crippen LogP contribution >= 0.6 is 31.9 Å². The number of hydrogen-bond acceptors (Lipinski definition) is 3. The Kier molecular flexibility index (Phi) is 9.42. The van der Waals surface area contributed by atoms with Gasteiger partial charge in [0.2, 0.25) is 0 Å². The third-order valence-electron chi connectivity index (χ3n) is 8.09. The van der Waals surface area contributed by atoms with Gasteiger partial charge in [0.25, 0.3) is 0 Å². The van der Waals surface area contributed by atoms with Crippen molar-refractivity contribution in [2.45, 2.75) is 75.3 Å². The number of carbonyl (C=O) groups is 1. The molecular formula is C29H38Br2N2O. The molecule has 0 spiro atoms. The van der Waals surface area contributed by atoms with Crippen LogP contribution in [-0.2, 0) is 4.79 Å². The van der Waals surface area contributed by atoms with E-state index in [4.69, 9.17) is 0 Å². The highest BCUT2D eigenvalue weighted by molar-refractivity contribution is 9.10. The Bertz CT molecular complexity index is 855. The smallest absolute Gasteiger partial charge is 0.147 e. The molecule has 4 atom stereocenters. The molecule has 2 heterocycles. The predicted molar refractivity (Wildman–Crippen MR) is 149 cm³/mol. The van der Waals surface area contributed by atoms with E-state index in [0.29, 0.717) is 17.9 Å². The molecule has 0 radical (unpaired) electrons. The fourth-order valence-corrected chi connectivity index (χ4v) is 6.42. The summed E-state index contributed by atoms with van der Waals surface area (Å²) in [5, 5.41) is 0. The Morgan fingerprint density at radius 1 is 0.735 bits per heavy atom. The Morgan fingerprint density at radius 3 is 1.47 bits per heavy atom. The van der Waals surface area contributed by atoms with Crippen LogP contribution in [0.25, 0.3) is 0 Å². The first-order chi connectivity index (χ1) is 16.4. The van der Waals surface area contributed by atoms with Crippen molar-refractivity contribution >= 4 is 37.6 Å². The largest absolute Gasteiger partial charge is 0.303 e. The van der Waals surface area contributed by atoms with Crippen LogP contribution in [0.3, 0.4) is 0 Å². The summed E-state index contributed by atoms with van der Waals surface area (Å²) >= 11 is 7.16. The average Bonchev–Trinajstić information content (AvgIpc) is 2.84. The van der Waals surface area contributed by atoms with Gasteiger partial charge in [0.15, 0.2) is 0 Å². The second-order valence-corrected chi connectivity index (χ2v) is 12.2. The van der Waals surface area contributed by atoms with Crippen LogP contribution in [-0.4, -0.2) is 54.9 Å². The van der Waals surface area contributed by atoms with Gasteiger partial charge >= 0.3 is 0 Å². The lowest BCUT2D eigenvalue weighted by atomic mass is 9.76. The van der Waals surface area contributed by atoms with Crippen molar-refractivity contribution in [3.63, 3.8) is 0 Å². The summed E-state index contributed by atoms with van der Waals surface area (Å²) in [6, 6.07) is 17.9. The number of ketones is 1. The van der Waals surface area contributed by atoms with Gasteiger partial charge in [-0.2, -0.15) is 0 Å². The van der Waals surface area contributed by atoms with Crippen molar-refractivity contribution in [2.75, 3.05) is 27.2 Å². The molecule has 2 aromatic carbocycles. The van der Waals surface area contributed by atoms with Gasteiger partial charge in [0.1, 0.15) is 5.78 Å². The Hall–Kier alpha value is -1.01. The third kappa shape index (κ3) is 6.60. The highest BCUT2D eigenvalue weighted by Crippen LogP contribution is 2.37. The number of benzene rings is 2. The van der Waals surface area contributed by atoms with E-state index in [1.807, 2.05) is 0 Å². The zero-order valence-electron chi connectivity index (χ0n) is 20.6. The van der Waals surface area contributed by atoms with Crippen LogP contribution in [0, 0.1) is 0 Å². The first-order valence-corrected chi connectivity index (χ1v) is 14.5. The number of hydrogen-bond donors (Lipinski definition) is 0. The highest BCUT2D eigenvalue weighted by atomic mass is 79.9. The minimum Gasteiger partial charge on any atom is -0.303 e. The number of halogens is 2. The minimum atomic E-state index is -0.0822. The summed E-state index contributed by atoms with van der Waals surface area (Å²) in [5.74, 6) is 0.227. The average molecular weight is 590 g/mol. The van der Waals surface area contributed by atoms with E-state index in [1.165, 1.54) is 38.5 Å². The summed E-state index contributed by atoms with van der Waals surface area (Å²) in [6.07, 6.45) is 9.24. The molecule has 0 bridgehead atoms. The quantitative estimate of drug-likeness (QED) is 0.320. The van der Waals surface area contributed by atoms with Gasteiger partial charge in [0.05, 0.1) is 0 Å². The maximum absolute atomic E-state index is 14.5. The summed E-state index contributed by atoms with van der Waals surface area (Å²) in [4.78, 5) is 19.5. The highest BCUT2D eigenvalue weighted by Gasteiger charge is 2.35. The van der Waals surface area contributed by atoms with Crippen LogP contribution in [0.5, 0.6) is 0 Å². The molecule has 2 unspecified atom stereocenters. The normalized spacial score (nSPS) is 24.0. The third-order valence-corrected chi connectivity index (χ3v) is 9.15. The summed E-state index contributed by atoms with van der Waals surface area (Å²) < 4.78 is 2.12. The van der Waals surface area contributed by atoms with Crippen LogP contribution in [0.2, 0.25) is 0 Å². The van der Waals surface area contributed by atoms with Gasteiger partial charge in [-0.15, -0.1) is 0 Å². The van der Waals surface area contributed by atoms with Crippen molar-refractivity contribution in [2.24, 2.45) is 0 Å². The number of likely N-dealkylation sites (tertiary alicyclic amines) is 2. The Balaban J connectivity index is 1.67. The fraction of sp³-hybridized carbons (Fsp3) is 0.552. The maximum Gasteiger partial charge on any atom is 0.147 e. The van der Waals surface area contributed by atoms with Crippen molar-refractivity contribution in [1.29, 1.82) is 0 Å². The lowest BCUT2D eigenvalue weighted by Gasteiger charge is -2.37. The van der Waals surface area contributed by atoms with Gasteiger partial charge in [-0.25, -0.2) is 0 Å². The summed E-state index contributed by atoms with van der Waals surface area (Å²) in [5.41, 5.74) is 2.32. The first kappa shape index (κ1) is 26.1. The molecule has 2 aliphatic rings. The lowest BCUT2D eigenvalue weighted by molar-refractivity contribution is -0.123. The van der Waals surface area contributed by atoms with E-state index < -0.39 is 0 Å². The number of piperidine rings is 2. The molecule has 0 aromatic heterocycles. The van der Waals surface area contributed by atoms with E-state index in [2.05, 4.69) is 104 Å². The standard InChI is InChI=1S/C29H38Br2N2O/c1-32-17-5-3-7-25(32)19-27(21-9-13-23(30)14-10-21)29(34)28(22-11-15-24(31)16-12-22)20-26-8-4-6-18-33(26)2/h9-16,25-28H,3-8,17-20H2,1-2H3/t25?,26?,27-,28-/m1/s1. The van der Waals surface area contributed by atoms with E-state index >= 15 is 0 Å². The predicted octanol–water partition coefficient (Wildman–Crippen LogP) is 7.40. The van der Waals surface area contributed by atoms with Crippen molar-refractivity contribution in [3.8, 4) is 0 Å². The zero-order chi connectivity index (χ0) is 24.1. The summed E-state index contributed by atoms with van der Waals surface area (Å²) in [7, 11) is 4.46. The number of carbonyl (C=O) groups excluding carboxylic acids is 1. The van der Waals surface area contributed by atoms with Crippen molar-refractivity contribution < 1.29 is 4.79 Å². The molecule has 5 heteroatoms. The molecule has 2 fully saturated rings. The molecule has 2 aromatic rings. The summed E-state index contributed by atoms with van der Waals surface area (Å²) in [6.45, 7) is 2.27. The minimum absolute atomic E-state index is 0.0822. The topological polar surface area (TPSA) is 23.6 Å². The van der Waals surface area contributed by atoms with Crippen LogP contribution in [0.15, 0.2) is 57.5 Å². The van der Waals surface area contributed by atoms with E-state index in [0.717, 1.165) is 46.0 Å². The molecule has 34 heavy (non-hydrogen) atoms. The molecule has 0 amide bonds. The Labute approximate surface area is 222 Å². The molecule has 2 saturated heterocycles. The zero-order valence-corrected chi connectivity index (χ0v) is 23.7. The molecule has 2 aliphatic heterocycles. The first-order valence-electron chi connectivity index (χ1n) is 12.9. The van der Waals surface area contributed by atoms with Gasteiger partial charge < -0.3 is 9.80 Å². The van der Waals surface area contributed by atoms with Crippen LogP contribution in [0.4, 0.5) is 0 Å². The van der Waals surface area contributed by atoms with Crippen LogP contribution in [0.1, 0.15) is 74.3 Å². The SMILES string of the molecule is CN1CCCCC1C[C@@H](C(=O)[C@H](CC1CCCCN1C)c1ccc(Br)cc1)c1ccc(Br)cc1. The molecule has 0 saturated carbocycles. The second kappa shape index (κ2) is 12.3. The van der Waals surface area contributed by atoms with E-state index in [1.54, 1.807) is 0 Å². The number of Topliss-reactive ketones (excluding diaryl/α,β-unsaturated/α-hetero) is 1. The molecule has 184 valence electrons. The van der Waals surface area contributed by atoms with E-state index in [-0.39, 0.29) is 11.8 Å². The van der Waals surface area contributed by atoms with Gasteiger partial charge in [-0.05, 0) is 101 Å². The van der Waals surface area contributed by atoms with Gasteiger partial charge in [-0.3, -0.25) is 4.79 Å². The Morgan fingerprint density at radius 2 is 1.12 bits per heavy atom. The number of rotatable bonds is 8.